The standard InChI is InChI=1S/C10H20N2O3/c1-8(9(13)11-2)6-4-5-7-12-10(14)15-3/h8H,4-7H2,1-3H3,(H,11,13)(H,12,14). The summed E-state index contributed by atoms with van der Waals surface area (Å²) in [7, 11) is 2.97. The summed E-state index contributed by atoms with van der Waals surface area (Å²) in [5.41, 5.74) is 0. The van der Waals surface area contributed by atoms with Crippen LogP contribution in [-0.2, 0) is 9.53 Å². The molecule has 2 amide bonds. The van der Waals surface area contributed by atoms with Crippen LogP contribution in [0, 0.1) is 5.92 Å². The van der Waals surface area contributed by atoms with E-state index < -0.39 is 6.09 Å². The third kappa shape index (κ3) is 6.76. The first-order chi connectivity index (χ1) is 7.11. The van der Waals surface area contributed by atoms with E-state index in [1.165, 1.54) is 7.11 Å². The van der Waals surface area contributed by atoms with Crippen molar-refractivity contribution in [3.63, 3.8) is 0 Å². The van der Waals surface area contributed by atoms with Crippen molar-refractivity contribution in [1.82, 2.24) is 10.6 Å². The van der Waals surface area contributed by atoms with Gasteiger partial charge < -0.3 is 15.4 Å². The summed E-state index contributed by atoms with van der Waals surface area (Å²) in [6.07, 6.45) is 2.20. The molecule has 0 saturated carbocycles. The zero-order valence-electron chi connectivity index (χ0n) is 9.63. The molecule has 0 bridgehead atoms. The Balaban J connectivity index is 3.38. The predicted octanol–water partition coefficient (Wildman–Crippen LogP) is 0.895. The van der Waals surface area contributed by atoms with Gasteiger partial charge in [0.05, 0.1) is 7.11 Å². The van der Waals surface area contributed by atoms with E-state index in [-0.39, 0.29) is 11.8 Å². The molecule has 1 atom stereocenters. The van der Waals surface area contributed by atoms with Gasteiger partial charge in [-0.25, -0.2) is 4.79 Å². The van der Waals surface area contributed by atoms with Crippen LogP contribution in [0.1, 0.15) is 26.2 Å². The first-order valence-corrected chi connectivity index (χ1v) is 5.15. The molecule has 88 valence electrons. The minimum atomic E-state index is -0.408. The van der Waals surface area contributed by atoms with Gasteiger partial charge >= 0.3 is 6.09 Å². The van der Waals surface area contributed by atoms with Crippen LogP contribution in [0.25, 0.3) is 0 Å². The quantitative estimate of drug-likeness (QED) is 0.648. The number of amides is 2. The molecule has 0 aliphatic rings. The highest BCUT2D eigenvalue weighted by atomic mass is 16.5. The second kappa shape index (κ2) is 8.08. The van der Waals surface area contributed by atoms with Gasteiger partial charge in [-0.2, -0.15) is 0 Å². The van der Waals surface area contributed by atoms with E-state index in [2.05, 4.69) is 15.4 Å². The minimum absolute atomic E-state index is 0.0353. The zero-order valence-corrected chi connectivity index (χ0v) is 9.63. The lowest BCUT2D eigenvalue weighted by Crippen LogP contribution is -2.26. The van der Waals surface area contributed by atoms with Crippen molar-refractivity contribution in [2.45, 2.75) is 26.2 Å². The van der Waals surface area contributed by atoms with Crippen LogP contribution in [0.2, 0.25) is 0 Å². The van der Waals surface area contributed by atoms with E-state index in [4.69, 9.17) is 0 Å². The Morgan fingerprint density at radius 3 is 2.53 bits per heavy atom. The Hall–Kier alpha value is -1.26. The fourth-order valence-corrected chi connectivity index (χ4v) is 1.22. The van der Waals surface area contributed by atoms with Crippen molar-refractivity contribution in [3.05, 3.63) is 0 Å². The second-order valence-corrected chi connectivity index (χ2v) is 3.43. The lowest BCUT2D eigenvalue weighted by atomic mass is 10.0. The van der Waals surface area contributed by atoms with E-state index in [1.54, 1.807) is 7.05 Å². The normalized spacial score (nSPS) is 11.7. The number of unbranched alkanes of at least 4 members (excludes halogenated alkanes) is 1. The highest BCUT2D eigenvalue weighted by Crippen LogP contribution is 2.06. The van der Waals surface area contributed by atoms with Crippen LogP contribution in [0.3, 0.4) is 0 Å². The maximum absolute atomic E-state index is 11.1. The van der Waals surface area contributed by atoms with Gasteiger partial charge in [-0.05, 0) is 12.8 Å². The first kappa shape index (κ1) is 13.7. The van der Waals surface area contributed by atoms with Crippen molar-refractivity contribution in [1.29, 1.82) is 0 Å². The number of carbonyl (C=O) groups is 2. The summed E-state index contributed by atoms with van der Waals surface area (Å²) >= 11 is 0. The molecule has 0 saturated heterocycles. The topological polar surface area (TPSA) is 67.4 Å². The molecule has 0 fully saturated rings. The highest BCUT2D eigenvalue weighted by molar-refractivity contribution is 5.77. The van der Waals surface area contributed by atoms with E-state index in [0.717, 1.165) is 19.3 Å². The van der Waals surface area contributed by atoms with Crippen molar-refractivity contribution in [2.24, 2.45) is 5.92 Å². The van der Waals surface area contributed by atoms with Crippen molar-refractivity contribution < 1.29 is 14.3 Å². The highest BCUT2D eigenvalue weighted by Gasteiger charge is 2.09. The molecule has 5 nitrogen and oxygen atoms in total. The van der Waals surface area contributed by atoms with Crippen LogP contribution in [0.4, 0.5) is 4.79 Å². The van der Waals surface area contributed by atoms with E-state index in [1.807, 2.05) is 6.92 Å². The van der Waals surface area contributed by atoms with E-state index in [9.17, 15) is 9.59 Å². The number of nitrogens with one attached hydrogen (secondary N) is 2. The van der Waals surface area contributed by atoms with Crippen LogP contribution in [-0.4, -0.2) is 32.7 Å². The molecule has 1 unspecified atom stereocenters. The van der Waals surface area contributed by atoms with Gasteiger partial charge in [-0.15, -0.1) is 0 Å². The van der Waals surface area contributed by atoms with E-state index >= 15 is 0 Å². The van der Waals surface area contributed by atoms with Gasteiger partial charge in [0.2, 0.25) is 5.91 Å². The SMILES string of the molecule is CNC(=O)C(C)CCCCNC(=O)OC. The summed E-state index contributed by atoms with van der Waals surface area (Å²) in [5.74, 6) is 0.101. The average molecular weight is 216 g/mol. The summed E-state index contributed by atoms with van der Waals surface area (Å²) in [5, 5.41) is 5.19. The van der Waals surface area contributed by atoms with Crippen LogP contribution in [0.5, 0.6) is 0 Å². The zero-order chi connectivity index (χ0) is 11.7. The second-order valence-electron chi connectivity index (χ2n) is 3.43. The lowest BCUT2D eigenvalue weighted by Gasteiger charge is -2.09. The summed E-state index contributed by atoms with van der Waals surface area (Å²) < 4.78 is 4.42. The van der Waals surface area contributed by atoms with Crippen LogP contribution >= 0.6 is 0 Å². The fourth-order valence-electron chi connectivity index (χ4n) is 1.22. The smallest absolute Gasteiger partial charge is 0.406 e. The van der Waals surface area contributed by atoms with Crippen molar-refractivity contribution >= 4 is 12.0 Å². The third-order valence-electron chi connectivity index (χ3n) is 2.21. The molecule has 5 heteroatoms. The maximum Gasteiger partial charge on any atom is 0.406 e. The first-order valence-electron chi connectivity index (χ1n) is 5.15. The molecule has 15 heavy (non-hydrogen) atoms. The van der Waals surface area contributed by atoms with Crippen LogP contribution < -0.4 is 10.6 Å². The molecule has 0 rings (SSSR count). The van der Waals surface area contributed by atoms with Gasteiger partial charge in [0.25, 0.3) is 0 Å². The summed E-state index contributed by atoms with van der Waals surface area (Å²) in [6.45, 7) is 2.49. The lowest BCUT2D eigenvalue weighted by molar-refractivity contribution is -0.124. The molecule has 0 heterocycles. The number of ether oxygens (including phenoxy) is 1. The molecule has 2 N–H and O–H groups in total. The number of hydrogen-bond donors (Lipinski definition) is 2. The van der Waals surface area contributed by atoms with Gasteiger partial charge in [0, 0.05) is 19.5 Å². The number of hydrogen-bond acceptors (Lipinski definition) is 3. The fraction of sp³-hybridized carbons (Fsp3) is 0.800. The summed E-state index contributed by atoms with van der Waals surface area (Å²) in [4.78, 5) is 21.8. The maximum atomic E-state index is 11.1. The van der Waals surface area contributed by atoms with Gasteiger partial charge in [0.15, 0.2) is 0 Å². The Morgan fingerprint density at radius 1 is 1.33 bits per heavy atom. The largest absolute Gasteiger partial charge is 0.453 e. The van der Waals surface area contributed by atoms with Crippen LogP contribution in [0.15, 0.2) is 0 Å². The number of methoxy groups -OCH3 is 1. The molecular formula is C10H20N2O3. The number of carbonyl (C=O) groups excluding carboxylic acids is 2. The minimum Gasteiger partial charge on any atom is -0.453 e. The molecule has 0 aromatic rings. The average Bonchev–Trinajstić information content (AvgIpc) is 2.26. The van der Waals surface area contributed by atoms with Gasteiger partial charge in [-0.3, -0.25) is 4.79 Å². The van der Waals surface area contributed by atoms with Gasteiger partial charge in [0.1, 0.15) is 0 Å². The summed E-state index contributed by atoms with van der Waals surface area (Å²) in [6, 6.07) is 0. The number of rotatable bonds is 6. The molecule has 0 radical (unpaired) electrons. The van der Waals surface area contributed by atoms with Crippen molar-refractivity contribution in [3.8, 4) is 0 Å². The molecule has 0 aliphatic carbocycles. The van der Waals surface area contributed by atoms with Gasteiger partial charge in [-0.1, -0.05) is 13.3 Å². The predicted molar refractivity (Wildman–Crippen MR) is 57.5 cm³/mol. The Bertz CT molecular complexity index is 207. The Kier molecular flexibility index (Phi) is 7.40. The van der Waals surface area contributed by atoms with Crippen molar-refractivity contribution in [2.75, 3.05) is 20.7 Å². The molecule has 0 aromatic carbocycles. The molecule has 0 aromatic heterocycles. The number of alkyl carbamates (subject to hydrolysis) is 1. The molecule has 0 aliphatic heterocycles. The Labute approximate surface area is 90.6 Å². The molecule has 0 spiro atoms. The Morgan fingerprint density at radius 2 is 2.00 bits per heavy atom. The monoisotopic (exact) mass is 216 g/mol. The third-order valence-corrected chi connectivity index (χ3v) is 2.21. The molecular weight excluding hydrogens is 196 g/mol. The van der Waals surface area contributed by atoms with E-state index in [0.29, 0.717) is 6.54 Å².